The third kappa shape index (κ3) is 4.20. The van der Waals surface area contributed by atoms with Crippen LogP contribution in [0, 0.1) is 11.8 Å². The number of likely N-dealkylation sites (tertiary alicyclic amines) is 2. The molecule has 2 saturated heterocycles. The maximum absolute atomic E-state index is 13.5. The Morgan fingerprint density at radius 2 is 2.28 bits per heavy atom. The smallest absolute Gasteiger partial charge is 0.261 e. The van der Waals surface area contributed by atoms with Crippen molar-refractivity contribution in [3.63, 3.8) is 0 Å². The summed E-state index contributed by atoms with van der Waals surface area (Å²) in [4.78, 5) is 17.3. The summed E-state index contributed by atoms with van der Waals surface area (Å²) in [7, 11) is 0. The van der Waals surface area contributed by atoms with E-state index in [-0.39, 0.29) is 43.4 Å². The molecule has 0 aromatic carbocycles. The summed E-state index contributed by atoms with van der Waals surface area (Å²) in [5, 5.41) is 11.9. The van der Waals surface area contributed by atoms with Gasteiger partial charge in [-0.3, -0.25) is 9.69 Å². The Labute approximate surface area is 151 Å². The summed E-state index contributed by atoms with van der Waals surface area (Å²) in [6.45, 7) is 3.28. The van der Waals surface area contributed by atoms with Gasteiger partial charge in [-0.15, -0.1) is 11.3 Å². The van der Waals surface area contributed by atoms with Gasteiger partial charge in [0.1, 0.15) is 0 Å². The first-order valence-corrected chi connectivity index (χ1v) is 9.84. The Kier molecular flexibility index (Phi) is 5.75. The first-order chi connectivity index (χ1) is 11.9. The average molecular weight is 372 g/mol. The Balaban J connectivity index is 1.68. The Bertz CT molecular complexity index is 582. The number of rotatable bonds is 6. The fraction of sp³-hybridized carbons (Fsp3) is 0.722. The van der Waals surface area contributed by atoms with Crippen molar-refractivity contribution in [3.8, 4) is 0 Å². The lowest BCUT2D eigenvalue weighted by Crippen LogP contribution is -2.44. The Morgan fingerprint density at radius 1 is 1.48 bits per heavy atom. The normalized spacial score (nSPS) is 29.4. The fourth-order valence-corrected chi connectivity index (χ4v) is 4.91. The van der Waals surface area contributed by atoms with Crippen LogP contribution >= 0.6 is 11.3 Å². The van der Waals surface area contributed by atoms with Gasteiger partial charge in [0.15, 0.2) is 0 Å². The van der Waals surface area contributed by atoms with E-state index in [0.29, 0.717) is 26.1 Å². The van der Waals surface area contributed by atoms with E-state index < -0.39 is 5.92 Å². The van der Waals surface area contributed by atoms with Crippen molar-refractivity contribution in [2.45, 2.75) is 38.2 Å². The van der Waals surface area contributed by atoms with E-state index in [9.17, 15) is 18.7 Å². The minimum absolute atomic E-state index is 0.0224. The summed E-state index contributed by atoms with van der Waals surface area (Å²) in [6, 6.07) is 3.59. The zero-order valence-electron chi connectivity index (χ0n) is 14.5. The van der Waals surface area contributed by atoms with Gasteiger partial charge in [-0.05, 0) is 23.3 Å². The van der Waals surface area contributed by atoms with Crippen LogP contribution in [-0.4, -0.2) is 65.6 Å². The van der Waals surface area contributed by atoms with Crippen LogP contribution < -0.4 is 0 Å². The molecule has 0 bridgehead atoms. The number of alkyl halides is 2. The van der Waals surface area contributed by atoms with Crippen LogP contribution in [0.1, 0.15) is 24.6 Å². The molecule has 0 spiro atoms. The molecular formula is C18H26F2N2O2S. The summed E-state index contributed by atoms with van der Waals surface area (Å²) < 4.78 is 27.0. The van der Waals surface area contributed by atoms with Gasteiger partial charge < -0.3 is 10.0 Å². The molecule has 0 aliphatic carbocycles. The summed E-state index contributed by atoms with van der Waals surface area (Å²) >= 11 is 1.55. The molecule has 1 N–H and O–H groups in total. The lowest BCUT2D eigenvalue weighted by atomic mass is 9.88. The summed E-state index contributed by atoms with van der Waals surface area (Å²) in [5.41, 5.74) is 0. The number of aliphatic hydroxyl groups is 1. The molecule has 3 heterocycles. The van der Waals surface area contributed by atoms with Crippen molar-refractivity contribution in [2.75, 3.05) is 32.8 Å². The van der Waals surface area contributed by atoms with Crippen molar-refractivity contribution >= 4 is 17.2 Å². The molecule has 2 fully saturated rings. The molecule has 2 aliphatic rings. The van der Waals surface area contributed by atoms with E-state index in [1.807, 2.05) is 17.5 Å². The second-order valence-electron chi connectivity index (χ2n) is 7.23. The van der Waals surface area contributed by atoms with Gasteiger partial charge in [0.25, 0.3) is 5.92 Å². The number of amides is 1. The molecule has 25 heavy (non-hydrogen) atoms. The first kappa shape index (κ1) is 18.7. The van der Waals surface area contributed by atoms with Gasteiger partial charge in [0.05, 0.1) is 25.6 Å². The van der Waals surface area contributed by atoms with Crippen LogP contribution in [0.2, 0.25) is 0 Å². The number of nitrogens with zero attached hydrogens (tertiary/aromatic N) is 2. The van der Waals surface area contributed by atoms with Gasteiger partial charge in [-0.2, -0.15) is 0 Å². The van der Waals surface area contributed by atoms with Crippen LogP contribution in [0.5, 0.6) is 0 Å². The SMILES string of the molecule is CC[C@@H]1CN(C(=O)Cc2cccs2)[C@H](CO)[C@@H]1CN1CCC(F)(F)C1. The lowest BCUT2D eigenvalue weighted by molar-refractivity contribution is -0.132. The standard InChI is InChI=1S/C18H26F2N2O2S/c1-2-13-9-22(17(24)8-14-4-3-7-25-14)16(11-23)15(13)10-21-6-5-18(19,20)12-21/h3-4,7,13,15-16,23H,2,5-6,8-12H2,1H3/t13-,15-,16-/m1/s1. The average Bonchev–Trinajstić information content (AvgIpc) is 3.26. The van der Waals surface area contributed by atoms with Gasteiger partial charge in [0.2, 0.25) is 5.91 Å². The molecule has 2 aliphatic heterocycles. The number of thiophene rings is 1. The molecule has 1 aromatic rings. The van der Waals surface area contributed by atoms with Crippen LogP contribution in [0.25, 0.3) is 0 Å². The molecule has 7 heteroatoms. The van der Waals surface area contributed by atoms with E-state index in [4.69, 9.17) is 0 Å². The molecule has 3 rings (SSSR count). The predicted molar refractivity (Wildman–Crippen MR) is 93.9 cm³/mol. The van der Waals surface area contributed by atoms with Gasteiger partial charge in [-0.25, -0.2) is 8.78 Å². The van der Waals surface area contributed by atoms with Crippen molar-refractivity contribution in [1.82, 2.24) is 9.80 Å². The van der Waals surface area contributed by atoms with Crippen LogP contribution in [0.15, 0.2) is 17.5 Å². The van der Waals surface area contributed by atoms with Gasteiger partial charge in [0, 0.05) is 30.9 Å². The van der Waals surface area contributed by atoms with E-state index in [2.05, 4.69) is 6.92 Å². The number of carbonyl (C=O) groups is 1. The number of hydrogen-bond acceptors (Lipinski definition) is 4. The monoisotopic (exact) mass is 372 g/mol. The largest absolute Gasteiger partial charge is 0.394 e. The van der Waals surface area contributed by atoms with Crippen molar-refractivity contribution in [1.29, 1.82) is 0 Å². The molecule has 3 atom stereocenters. The number of aliphatic hydroxyl groups excluding tert-OH is 1. The zero-order valence-corrected chi connectivity index (χ0v) is 15.4. The second-order valence-corrected chi connectivity index (χ2v) is 8.26. The third-order valence-electron chi connectivity index (χ3n) is 5.59. The topological polar surface area (TPSA) is 43.8 Å². The van der Waals surface area contributed by atoms with Gasteiger partial charge in [-0.1, -0.05) is 19.4 Å². The third-order valence-corrected chi connectivity index (χ3v) is 6.46. The number of hydrogen-bond donors (Lipinski definition) is 1. The number of carbonyl (C=O) groups excluding carboxylic acids is 1. The minimum atomic E-state index is -2.61. The highest BCUT2D eigenvalue weighted by Crippen LogP contribution is 2.36. The van der Waals surface area contributed by atoms with Gasteiger partial charge >= 0.3 is 0 Å². The zero-order chi connectivity index (χ0) is 18.0. The molecule has 0 saturated carbocycles. The highest BCUT2D eigenvalue weighted by molar-refractivity contribution is 7.10. The van der Waals surface area contributed by atoms with Crippen LogP contribution in [0.3, 0.4) is 0 Å². The second kappa shape index (κ2) is 7.68. The van der Waals surface area contributed by atoms with E-state index >= 15 is 0 Å². The van der Waals surface area contributed by atoms with E-state index in [1.54, 1.807) is 21.1 Å². The van der Waals surface area contributed by atoms with Crippen LogP contribution in [-0.2, 0) is 11.2 Å². The first-order valence-electron chi connectivity index (χ1n) is 8.96. The fourth-order valence-electron chi connectivity index (χ4n) is 4.22. The molecule has 1 amide bonds. The summed E-state index contributed by atoms with van der Waals surface area (Å²) in [5.74, 6) is -2.28. The van der Waals surface area contributed by atoms with Crippen molar-refractivity contribution in [2.24, 2.45) is 11.8 Å². The molecule has 140 valence electrons. The molecule has 4 nitrogen and oxygen atoms in total. The molecule has 0 unspecified atom stereocenters. The van der Waals surface area contributed by atoms with E-state index in [0.717, 1.165) is 11.3 Å². The maximum Gasteiger partial charge on any atom is 0.261 e. The van der Waals surface area contributed by atoms with E-state index in [1.165, 1.54) is 0 Å². The van der Waals surface area contributed by atoms with Crippen molar-refractivity contribution in [3.05, 3.63) is 22.4 Å². The van der Waals surface area contributed by atoms with Crippen molar-refractivity contribution < 1.29 is 18.7 Å². The Hall–Kier alpha value is -1.05. The lowest BCUT2D eigenvalue weighted by Gasteiger charge is -2.30. The summed E-state index contributed by atoms with van der Waals surface area (Å²) in [6.07, 6.45) is 1.13. The maximum atomic E-state index is 13.5. The molecular weight excluding hydrogens is 346 g/mol. The minimum Gasteiger partial charge on any atom is -0.394 e. The predicted octanol–water partition coefficient (Wildman–Crippen LogP) is 2.48. The molecule has 1 aromatic heterocycles. The highest BCUT2D eigenvalue weighted by Gasteiger charge is 2.45. The van der Waals surface area contributed by atoms with Crippen LogP contribution in [0.4, 0.5) is 8.78 Å². The highest BCUT2D eigenvalue weighted by atomic mass is 32.1. The molecule has 0 radical (unpaired) electrons. The quantitative estimate of drug-likeness (QED) is 0.834. The number of halogens is 2. The Morgan fingerprint density at radius 3 is 2.84 bits per heavy atom.